The Labute approximate surface area is 118 Å². The van der Waals surface area contributed by atoms with E-state index in [0.29, 0.717) is 31.4 Å². The molecule has 1 aliphatic rings. The van der Waals surface area contributed by atoms with Crippen LogP contribution in [0, 0.1) is 0 Å². The first-order valence-electron chi connectivity index (χ1n) is 6.12. The number of hydrogen-bond acceptors (Lipinski definition) is 6. The minimum atomic E-state index is -3.16. The third kappa shape index (κ3) is 4.51. The summed E-state index contributed by atoms with van der Waals surface area (Å²) in [5.74, 6) is 7.40. The van der Waals surface area contributed by atoms with Crippen molar-refractivity contribution >= 4 is 27.6 Å². The molecule has 1 saturated heterocycles. The molecule has 0 aromatic carbocycles. The number of ether oxygens (including phenoxy) is 1. The van der Waals surface area contributed by atoms with Crippen LogP contribution in [0.5, 0.6) is 0 Å². The van der Waals surface area contributed by atoms with E-state index in [0.717, 1.165) is 5.75 Å². The van der Waals surface area contributed by atoms with Gasteiger partial charge in [-0.05, 0) is 0 Å². The van der Waals surface area contributed by atoms with Crippen molar-refractivity contribution in [3.05, 3.63) is 0 Å². The Morgan fingerprint density at radius 2 is 2.37 bits per heavy atom. The maximum atomic E-state index is 12.1. The summed E-state index contributed by atoms with van der Waals surface area (Å²) in [6.45, 7) is 3.19. The average molecular weight is 310 g/mol. The van der Waals surface area contributed by atoms with Gasteiger partial charge < -0.3 is 9.64 Å². The lowest BCUT2D eigenvalue weighted by Crippen LogP contribution is -2.56. The van der Waals surface area contributed by atoms with E-state index in [1.54, 1.807) is 30.7 Å². The number of rotatable bonds is 5. The van der Waals surface area contributed by atoms with Crippen LogP contribution < -0.4 is 11.3 Å². The van der Waals surface area contributed by atoms with Gasteiger partial charge in [-0.1, -0.05) is 6.92 Å². The van der Waals surface area contributed by atoms with Crippen molar-refractivity contribution in [3.8, 4) is 0 Å². The minimum absolute atomic E-state index is 0.116. The molecule has 0 bridgehead atoms. The van der Waals surface area contributed by atoms with Gasteiger partial charge in [0.1, 0.15) is 5.37 Å². The van der Waals surface area contributed by atoms with E-state index in [4.69, 9.17) is 10.6 Å². The first kappa shape index (κ1) is 16.5. The van der Waals surface area contributed by atoms with Gasteiger partial charge in [0.2, 0.25) is 5.96 Å². The molecule has 0 aliphatic carbocycles. The van der Waals surface area contributed by atoms with Crippen LogP contribution in [-0.4, -0.2) is 68.7 Å². The fourth-order valence-corrected chi connectivity index (χ4v) is 4.75. The zero-order valence-electron chi connectivity index (χ0n) is 11.3. The zero-order valence-corrected chi connectivity index (χ0v) is 13.0. The van der Waals surface area contributed by atoms with Crippen molar-refractivity contribution in [2.24, 2.45) is 10.8 Å². The van der Waals surface area contributed by atoms with Crippen LogP contribution in [0.3, 0.4) is 0 Å². The molecule has 0 amide bonds. The highest BCUT2D eigenvalue weighted by atomic mass is 32.2. The summed E-state index contributed by atoms with van der Waals surface area (Å²) < 4.78 is 29.1. The van der Waals surface area contributed by atoms with E-state index >= 15 is 0 Å². The van der Waals surface area contributed by atoms with Gasteiger partial charge in [-0.25, -0.2) is 19.3 Å². The van der Waals surface area contributed by atoms with Crippen LogP contribution in [0.1, 0.15) is 6.92 Å². The van der Waals surface area contributed by atoms with Crippen LogP contribution in [-0.2, 0) is 14.6 Å². The quantitative estimate of drug-likeness (QED) is 0.227. The van der Waals surface area contributed by atoms with Crippen LogP contribution in [0.2, 0.25) is 0 Å². The Bertz CT molecular complexity index is 400. The molecule has 7 nitrogen and oxygen atoms in total. The van der Waals surface area contributed by atoms with E-state index in [2.05, 4.69) is 10.4 Å². The molecule has 9 heteroatoms. The van der Waals surface area contributed by atoms with Gasteiger partial charge >= 0.3 is 0 Å². The molecule has 3 N–H and O–H groups in total. The van der Waals surface area contributed by atoms with Crippen LogP contribution in [0.25, 0.3) is 0 Å². The largest absolute Gasteiger partial charge is 0.383 e. The molecule has 1 rings (SSSR count). The molecular formula is C10H22N4O3S2. The van der Waals surface area contributed by atoms with Gasteiger partial charge in [-0.2, -0.15) is 11.8 Å². The summed E-state index contributed by atoms with van der Waals surface area (Å²) in [6, 6.07) is 0. The standard InChI is InChI=1S/C10H22N4O3S2/c1-3-19(15,16)9-8-18-7-5-14(9)10(13-11)12-4-6-17-2/h9H,3-8,11H2,1-2H3,(H,12,13). The molecule has 19 heavy (non-hydrogen) atoms. The summed E-state index contributed by atoms with van der Waals surface area (Å²) in [4.78, 5) is 6.00. The van der Waals surface area contributed by atoms with Crippen LogP contribution in [0.4, 0.5) is 0 Å². The fourth-order valence-electron chi connectivity index (χ4n) is 1.78. The van der Waals surface area contributed by atoms with Crippen molar-refractivity contribution in [3.63, 3.8) is 0 Å². The molecule has 112 valence electrons. The number of nitrogens with two attached hydrogens (primary N) is 1. The number of hydrazine groups is 1. The molecule has 1 fully saturated rings. The van der Waals surface area contributed by atoms with E-state index in [-0.39, 0.29) is 5.75 Å². The maximum Gasteiger partial charge on any atom is 0.209 e. The summed E-state index contributed by atoms with van der Waals surface area (Å²) >= 11 is 1.64. The number of sulfone groups is 1. The predicted octanol–water partition coefficient (Wildman–Crippen LogP) is -0.738. The number of nitrogens with zero attached hydrogens (tertiary/aromatic N) is 2. The SMILES string of the molecule is CCS(=O)(=O)C1CSCCN1C(=NCCOC)NN. The number of nitrogens with one attached hydrogen (secondary N) is 1. The number of methoxy groups -OCH3 is 1. The fraction of sp³-hybridized carbons (Fsp3) is 0.900. The van der Waals surface area contributed by atoms with E-state index in [1.165, 1.54) is 0 Å². The van der Waals surface area contributed by atoms with Crippen LogP contribution >= 0.6 is 11.8 Å². The molecule has 0 saturated carbocycles. The van der Waals surface area contributed by atoms with Gasteiger partial charge in [-0.3, -0.25) is 5.43 Å². The Kier molecular flexibility index (Phi) is 6.90. The summed E-state index contributed by atoms with van der Waals surface area (Å²) in [6.07, 6.45) is 0. The van der Waals surface area contributed by atoms with Gasteiger partial charge in [0, 0.05) is 30.9 Å². The van der Waals surface area contributed by atoms with Gasteiger partial charge in [-0.15, -0.1) is 0 Å². The summed E-state index contributed by atoms with van der Waals surface area (Å²) in [5.41, 5.74) is 2.50. The Hall–Kier alpha value is -0.510. The summed E-state index contributed by atoms with van der Waals surface area (Å²) in [5, 5.41) is -0.561. The number of hydrogen-bond donors (Lipinski definition) is 2. The first-order valence-corrected chi connectivity index (χ1v) is 8.99. The average Bonchev–Trinajstić information content (AvgIpc) is 2.44. The predicted molar refractivity (Wildman–Crippen MR) is 78.8 cm³/mol. The third-order valence-corrected chi connectivity index (χ3v) is 6.15. The van der Waals surface area contributed by atoms with Crippen molar-refractivity contribution < 1.29 is 13.2 Å². The maximum absolute atomic E-state index is 12.1. The molecular weight excluding hydrogens is 288 g/mol. The smallest absolute Gasteiger partial charge is 0.209 e. The van der Waals surface area contributed by atoms with Gasteiger partial charge in [0.15, 0.2) is 9.84 Å². The molecule has 0 aromatic rings. The second kappa shape index (κ2) is 7.93. The van der Waals surface area contributed by atoms with E-state index in [9.17, 15) is 8.42 Å². The van der Waals surface area contributed by atoms with Gasteiger partial charge in [0.05, 0.1) is 13.2 Å². The second-order valence-corrected chi connectivity index (χ2v) is 7.61. The molecule has 1 aliphatic heterocycles. The van der Waals surface area contributed by atoms with E-state index in [1.807, 2.05) is 0 Å². The second-order valence-electron chi connectivity index (χ2n) is 4.02. The Morgan fingerprint density at radius 3 is 2.95 bits per heavy atom. The van der Waals surface area contributed by atoms with Crippen LogP contribution in [0.15, 0.2) is 4.99 Å². The summed E-state index contributed by atoms with van der Waals surface area (Å²) in [7, 11) is -1.57. The molecule has 0 aromatic heterocycles. The highest BCUT2D eigenvalue weighted by Gasteiger charge is 2.34. The molecule has 0 radical (unpaired) electrons. The molecule has 1 heterocycles. The molecule has 1 unspecified atom stereocenters. The molecule has 0 spiro atoms. The normalized spacial score (nSPS) is 21.5. The first-order chi connectivity index (χ1) is 9.06. The third-order valence-electron chi connectivity index (χ3n) is 2.86. The Balaban J connectivity index is 2.88. The van der Waals surface area contributed by atoms with Gasteiger partial charge in [0.25, 0.3) is 0 Å². The van der Waals surface area contributed by atoms with Crippen molar-refractivity contribution in [1.82, 2.24) is 10.3 Å². The zero-order chi connectivity index (χ0) is 14.3. The van der Waals surface area contributed by atoms with Crippen molar-refractivity contribution in [1.29, 1.82) is 0 Å². The monoisotopic (exact) mass is 310 g/mol. The van der Waals surface area contributed by atoms with E-state index < -0.39 is 15.2 Å². The van der Waals surface area contributed by atoms with Crippen molar-refractivity contribution in [2.45, 2.75) is 12.3 Å². The lowest BCUT2D eigenvalue weighted by molar-refractivity contribution is 0.207. The topological polar surface area (TPSA) is 97.0 Å². The lowest BCUT2D eigenvalue weighted by Gasteiger charge is -2.36. The number of thioether (sulfide) groups is 1. The molecule has 1 atom stereocenters. The highest BCUT2D eigenvalue weighted by Crippen LogP contribution is 2.21. The Morgan fingerprint density at radius 1 is 1.63 bits per heavy atom. The number of aliphatic imine (C=N–C) groups is 1. The van der Waals surface area contributed by atoms with Crippen molar-refractivity contribution in [2.75, 3.05) is 44.1 Å². The highest BCUT2D eigenvalue weighted by molar-refractivity contribution is 8.01. The minimum Gasteiger partial charge on any atom is -0.383 e. The number of guanidine groups is 1. The lowest BCUT2D eigenvalue weighted by atomic mass is 10.5.